The molecule has 1 aliphatic heterocycles. The van der Waals surface area contributed by atoms with Crippen LogP contribution in [0.2, 0.25) is 0 Å². The summed E-state index contributed by atoms with van der Waals surface area (Å²) in [6.45, 7) is 0.942. The number of fused-ring (bicyclic) bond motifs is 1. The Hall–Kier alpha value is -2.17. The van der Waals surface area contributed by atoms with Gasteiger partial charge in [-0.3, -0.25) is 5.10 Å². The molecular formula is C13H15N3O2. The van der Waals surface area contributed by atoms with E-state index in [1.54, 1.807) is 14.2 Å². The molecule has 2 heterocycles. The van der Waals surface area contributed by atoms with Gasteiger partial charge in [-0.1, -0.05) is 0 Å². The number of hydrogen-bond acceptors (Lipinski definition) is 4. The first-order valence-electron chi connectivity index (χ1n) is 5.87. The van der Waals surface area contributed by atoms with Crippen molar-refractivity contribution in [3.8, 4) is 22.8 Å². The molecule has 94 valence electrons. The van der Waals surface area contributed by atoms with Crippen LogP contribution < -0.4 is 14.8 Å². The van der Waals surface area contributed by atoms with Crippen LogP contribution in [0.15, 0.2) is 18.2 Å². The molecule has 0 bridgehead atoms. The maximum absolute atomic E-state index is 5.42. The van der Waals surface area contributed by atoms with E-state index in [1.807, 2.05) is 18.2 Å². The van der Waals surface area contributed by atoms with Crippen LogP contribution in [0.5, 0.6) is 11.5 Å². The van der Waals surface area contributed by atoms with E-state index >= 15 is 0 Å². The average Bonchev–Trinajstić information content (AvgIpc) is 3.00. The largest absolute Gasteiger partial charge is 0.497 e. The van der Waals surface area contributed by atoms with E-state index in [1.165, 1.54) is 5.56 Å². The fourth-order valence-electron chi connectivity index (χ4n) is 2.29. The maximum atomic E-state index is 5.42. The quantitative estimate of drug-likeness (QED) is 0.869. The highest BCUT2D eigenvalue weighted by molar-refractivity contribution is 5.76. The van der Waals surface area contributed by atoms with E-state index in [-0.39, 0.29) is 0 Å². The number of rotatable bonds is 3. The fourth-order valence-corrected chi connectivity index (χ4v) is 2.29. The highest BCUT2D eigenvalue weighted by Gasteiger charge is 2.21. The van der Waals surface area contributed by atoms with E-state index in [4.69, 9.17) is 9.47 Å². The predicted octanol–water partition coefficient (Wildman–Crippen LogP) is 2.06. The molecule has 2 N–H and O–H groups in total. The molecule has 0 saturated heterocycles. The second-order valence-electron chi connectivity index (χ2n) is 4.17. The molecule has 1 aromatic heterocycles. The van der Waals surface area contributed by atoms with Crippen LogP contribution in [-0.2, 0) is 6.42 Å². The summed E-state index contributed by atoms with van der Waals surface area (Å²) in [5.74, 6) is 2.51. The molecule has 2 aromatic rings. The Kier molecular flexibility index (Phi) is 2.59. The van der Waals surface area contributed by atoms with Gasteiger partial charge in [0.25, 0.3) is 0 Å². The Morgan fingerprint density at radius 3 is 2.89 bits per heavy atom. The second-order valence-corrected chi connectivity index (χ2v) is 4.17. The number of anilines is 1. The summed E-state index contributed by atoms with van der Waals surface area (Å²) in [5, 5.41) is 10.6. The van der Waals surface area contributed by atoms with Gasteiger partial charge in [0.15, 0.2) is 5.82 Å². The zero-order valence-electron chi connectivity index (χ0n) is 10.4. The van der Waals surface area contributed by atoms with Gasteiger partial charge in [0.05, 0.1) is 19.9 Å². The summed E-state index contributed by atoms with van der Waals surface area (Å²) in [7, 11) is 3.30. The van der Waals surface area contributed by atoms with Gasteiger partial charge in [-0.25, -0.2) is 0 Å². The number of benzene rings is 1. The Morgan fingerprint density at radius 1 is 1.22 bits per heavy atom. The van der Waals surface area contributed by atoms with Crippen LogP contribution in [0.4, 0.5) is 5.82 Å². The predicted molar refractivity (Wildman–Crippen MR) is 69.3 cm³/mol. The zero-order chi connectivity index (χ0) is 12.5. The van der Waals surface area contributed by atoms with Crippen LogP contribution in [0.25, 0.3) is 11.3 Å². The summed E-state index contributed by atoms with van der Waals surface area (Å²) >= 11 is 0. The number of aromatic nitrogens is 2. The van der Waals surface area contributed by atoms with Crippen molar-refractivity contribution in [3.05, 3.63) is 23.8 Å². The molecule has 0 radical (unpaired) electrons. The van der Waals surface area contributed by atoms with Crippen molar-refractivity contribution in [2.75, 3.05) is 26.1 Å². The highest BCUT2D eigenvalue weighted by Crippen LogP contribution is 2.37. The Bertz CT molecular complexity index is 578. The van der Waals surface area contributed by atoms with Crippen molar-refractivity contribution in [3.63, 3.8) is 0 Å². The molecule has 1 aromatic carbocycles. The van der Waals surface area contributed by atoms with E-state index in [0.717, 1.165) is 41.5 Å². The van der Waals surface area contributed by atoms with Gasteiger partial charge in [0, 0.05) is 23.7 Å². The van der Waals surface area contributed by atoms with Gasteiger partial charge in [-0.2, -0.15) is 5.10 Å². The molecule has 5 heteroatoms. The number of nitrogens with zero attached hydrogens (tertiary/aromatic N) is 1. The Morgan fingerprint density at radius 2 is 2.11 bits per heavy atom. The topological polar surface area (TPSA) is 59.2 Å². The van der Waals surface area contributed by atoms with Gasteiger partial charge >= 0.3 is 0 Å². The molecule has 5 nitrogen and oxygen atoms in total. The molecule has 1 aliphatic rings. The minimum atomic E-state index is 0.782. The molecule has 0 fully saturated rings. The summed E-state index contributed by atoms with van der Waals surface area (Å²) in [6, 6.07) is 5.79. The molecule has 3 rings (SSSR count). The summed E-state index contributed by atoms with van der Waals surface area (Å²) in [6.07, 6.45) is 0.982. The van der Waals surface area contributed by atoms with Crippen molar-refractivity contribution < 1.29 is 9.47 Å². The van der Waals surface area contributed by atoms with E-state index in [0.29, 0.717) is 0 Å². The zero-order valence-corrected chi connectivity index (χ0v) is 10.4. The van der Waals surface area contributed by atoms with Gasteiger partial charge in [-0.05, 0) is 18.6 Å². The molecule has 0 unspecified atom stereocenters. The lowest BCUT2D eigenvalue weighted by Gasteiger charge is -2.09. The Labute approximate surface area is 105 Å². The normalized spacial score (nSPS) is 13.0. The summed E-state index contributed by atoms with van der Waals surface area (Å²) in [4.78, 5) is 0. The molecule has 0 saturated carbocycles. The van der Waals surface area contributed by atoms with Gasteiger partial charge in [-0.15, -0.1) is 0 Å². The number of methoxy groups -OCH3 is 2. The Balaban J connectivity index is 2.10. The summed E-state index contributed by atoms with van der Waals surface area (Å²) < 4.78 is 10.6. The number of ether oxygens (including phenoxy) is 2. The fraction of sp³-hybridized carbons (Fsp3) is 0.308. The third kappa shape index (κ3) is 1.59. The minimum absolute atomic E-state index is 0.782. The van der Waals surface area contributed by atoms with Crippen molar-refractivity contribution in [1.82, 2.24) is 10.2 Å². The first kappa shape index (κ1) is 11.0. The first-order chi connectivity index (χ1) is 8.83. The standard InChI is InChI=1S/C13H15N3O2/c1-17-8-3-4-9(11(7-8)18-2)12-10-5-6-14-13(10)16-15-12/h3-4,7H,5-6H2,1-2H3,(H2,14,15,16). The van der Waals surface area contributed by atoms with Crippen LogP contribution in [-0.4, -0.2) is 31.0 Å². The number of H-pyrrole nitrogens is 1. The van der Waals surface area contributed by atoms with E-state index in [2.05, 4.69) is 15.5 Å². The monoisotopic (exact) mass is 245 g/mol. The third-order valence-corrected chi connectivity index (χ3v) is 3.21. The van der Waals surface area contributed by atoms with Gasteiger partial charge < -0.3 is 14.8 Å². The highest BCUT2D eigenvalue weighted by atomic mass is 16.5. The first-order valence-corrected chi connectivity index (χ1v) is 5.87. The molecule has 0 atom stereocenters. The molecule has 18 heavy (non-hydrogen) atoms. The lowest BCUT2D eigenvalue weighted by molar-refractivity contribution is 0.395. The molecule has 0 amide bonds. The number of nitrogens with one attached hydrogen (secondary N) is 2. The maximum Gasteiger partial charge on any atom is 0.151 e. The van der Waals surface area contributed by atoms with Crippen LogP contribution in [0.1, 0.15) is 5.56 Å². The second kappa shape index (κ2) is 4.25. The summed E-state index contributed by atoms with van der Waals surface area (Å²) in [5.41, 5.74) is 3.25. The van der Waals surface area contributed by atoms with E-state index < -0.39 is 0 Å². The molecular weight excluding hydrogens is 230 g/mol. The van der Waals surface area contributed by atoms with Crippen LogP contribution in [0.3, 0.4) is 0 Å². The van der Waals surface area contributed by atoms with Crippen LogP contribution >= 0.6 is 0 Å². The minimum Gasteiger partial charge on any atom is -0.497 e. The number of hydrogen-bond donors (Lipinski definition) is 2. The molecule has 0 spiro atoms. The van der Waals surface area contributed by atoms with Crippen LogP contribution in [0, 0.1) is 0 Å². The van der Waals surface area contributed by atoms with Crippen molar-refractivity contribution in [2.24, 2.45) is 0 Å². The third-order valence-electron chi connectivity index (χ3n) is 3.21. The van der Waals surface area contributed by atoms with Crippen molar-refractivity contribution >= 4 is 5.82 Å². The van der Waals surface area contributed by atoms with Gasteiger partial charge in [0.2, 0.25) is 0 Å². The molecule has 0 aliphatic carbocycles. The average molecular weight is 245 g/mol. The van der Waals surface area contributed by atoms with Gasteiger partial charge in [0.1, 0.15) is 11.5 Å². The van der Waals surface area contributed by atoms with Crippen molar-refractivity contribution in [1.29, 1.82) is 0 Å². The van der Waals surface area contributed by atoms with Crippen molar-refractivity contribution in [2.45, 2.75) is 6.42 Å². The van der Waals surface area contributed by atoms with E-state index in [9.17, 15) is 0 Å². The number of aromatic amines is 1. The lowest BCUT2D eigenvalue weighted by Crippen LogP contribution is -1.95. The smallest absolute Gasteiger partial charge is 0.151 e. The SMILES string of the molecule is COc1ccc(-c2[nH]nc3c2CCN3)c(OC)c1. The lowest BCUT2D eigenvalue weighted by atomic mass is 10.1.